The van der Waals surface area contributed by atoms with Gasteiger partial charge in [0.05, 0.1) is 11.4 Å². The monoisotopic (exact) mass is 454 g/mol. The first-order chi connectivity index (χ1) is 15.1. The highest BCUT2D eigenvalue weighted by atomic mass is 32.2. The van der Waals surface area contributed by atoms with Gasteiger partial charge in [-0.3, -0.25) is 4.79 Å². The molecule has 2 aromatic carbocycles. The number of hydrogen-bond acceptors (Lipinski definition) is 6. The van der Waals surface area contributed by atoms with Gasteiger partial charge >= 0.3 is 0 Å². The fourth-order valence-corrected chi connectivity index (χ4v) is 5.13. The number of carbonyl (C=O) groups excluding carboxylic acids is 1. The Kier molecular flexibility index (Phi) is 7.09. The number of rotatable bonds is 6. The molecule has 4 rings (SSSR count). The van der Waals surface area contributed by atoms with Crippen LogP contribution in [0.3, 0.4) is 0 Å². The van der Waals surface area contributed by atoms with E-state index >= 15 is 0 Å². The second-order valence-electron chi connectivity index (χ2n) is 7.19. The second-order valence-corrected chi connectivity index (χ2v) is 9.22. The van der Waals surface area contributed by atoms with Gasteiger partial charge in [-0.1, -0.05) is 53.4 Å². The van der Waals surface area contributed by atoms with Crippen LogP contribution in [0.15, 0.2) is 75.9 Å². The lowest BCUT2D eigenvalue weighted by Crippen LogP contribution is -2.49. The van der Waals surface area contributed by atoms with E-state index in [-0.39, 0.29) is 11.7 Å². The van der Waals surface area contributed by atoms with Gasteiger partial charge in [-0.2, -0.15) is 0 Å². The van der Waals surface area contributed by atoms with Gasteiger partial charge in [0, 0.05) is 43.5 Å². The van der Waals surface area contributed by atoms with Crippen LogP contribution in [0.25, 0.3) is 0 Å². The Morgan fingerprint density at radius 3 is 2.35 bits per heavy atom. The predicted octanol–water partition coefficient (Wildman–Crippen LogP) is 4.52. The Hall–Kier alpha value is -2.58. The first-order valence-corrected chi connectivity index (χ1v) is 11.9. The summed E-state index contributed by atoms with van der Waals surface area (Å²) < 4.78 is 14.0. The van der Waals surface area contributed by atoms with Crippen molar-refractivity contribution in [2.24, 2.45) is 0 Å². The van der Waals surface area contributed by atoms with Gasteiger partial charge in [0.1, 0.15) is 15.9 Å². The molecule has 1 aliphatic heterocycles. The molecule has 1 saturated heterocycles. The van der Waals surface area contributed by atoms with Crippen LogP contribution in [-0.4, -0.2) is 52.7 Å². The number of piperazine rings is 1. The van der Waals surface area contributed by atoms with E-state index in [1.165, 1.54) is 23.4 Å². The molecule has 1 fully saturated rings. The van der Waals surface area contributed by atoms with Crippen molar-refractivity contribution >= 4 is 35.1 Å². The molecule has 0 radical (unpaired) electrons. The van der Waals surface area contributed by atoms with Crippen LogP contribution < -0.4 is 4.90 Å². The van der Waals surface area contributed by atoms with Gasteiger partial charge < -0.3 is 9.80 Å². The Balaban J connectivity index is 1.32. The third-order valence-electron chi connectivity index (χ3n) is 5.03. The number of anilines is 1. The molecule has 0 bridgehead atoms. The van der Waals surface area contributed by atoms with Crippen LogP contribution >= 0.6 is 23.5 Å². The zero-order valence-corrected chi connectivity index (χ0v) is 18.8. The molecular weight excluding hydrogens is 431 g/mol. The van der Waals surface area contributed by atoms with Crippen molar-refractivity contribution in [2.75, 3.05) is 36.8 Å². The van der Waals surface area contributed by atoms with Crippen LogP contribution in [0.5, 0.6) is 0 Å². The number of hydrogen-bond donors (Lipinski definition) is 0. The van der Waals surface area contributed by atoms with Crippen molar-refractivity contribution in [1.29, 1.82) is 0 Å². The second kappa shape index (κ2) is 10.2. The summed E-state index contributed by atoms with van der Waals surface area (Å²) in [7, 11) is 0. The van der Waals surface area contributed by atoms with Crippen molar-refractivity contribution in [2.45, 2.75) is 21.9 Å². The van der Waals surface area contributed by atoms with Crippen LogP contribution in [0.4, 0.5) is 10.1 Å². The van der Waals surface area contributed by atoms with Crippen LogP contribution in [0.1, 0.15) is 5.56 Å². The summed E-state index contributed by atoms with van der Waals surface area (Å²) in [6, 6.07) is 15.0. The number of carbonyl (C=O) groups is 1. The zero-order valence-electron chi connectivity index (χ0n) is 17.2. The molecule has 0 N–H and O–H groups in total. The Morgan fingerprint density at radius 1 is 0.968 bits per heavy atom. The summed E-state index contributed by atoms with van der Waals surface area (Å²) in [6.45, 7) is 4.46. The minimum atomic E-state index is -0.223. The summed E-state index contributed by atoms with van der Waals surface area (Å²) in [5, 5.41) is 1.56. The average Bonchev–Trinajstić information content (AvgIpc) is 2.80. The van der Waals surface area contributed by atoms with E-state index in [0.29, 0.717) is 37.6 Å². The van der Waals surface area contributed by atoms with Crippen molar-refractivity contribution in [1.82, 2.24) is 14.9 Å². The van der Waals surface area contributed by atoms with E-state index in [0.717, 1.165) is 14.9 Å². The summed E-state index contributed by atoms with van der Waals surface area (Å²) in [4.78, 5) is 26.5. The van der Waals surface area contributed by atoms with Crippen LogP contribution in [0.2, 0.25) is 0 Å². The van der Waals surface area contributed by atoms with Gasteiger partial charge in [-0.25, -0.2) is 14.4 Å². The van der Waals surface area contributed by atoms with Crippen molar-refractivity contribution in [3.05, 3.63) is 72.3 Å². The maximum absolute atomic E-state index is 14.0. The lowest BCUT2D eigenvalue weighted by Gasteiger charge is -2.36. The van der Waals surface area contributed by atoms with Gasteiger partial charge in [0.25, 0.3) is 0 Å². The zero-order chi connectivity index (χ0) is 21.6. The van der Waals surface area contributed by atoms with Crippen molar-refractivity contribution in [3.8, 4) is 0 Å². The molecule has 1 aromatic heterocycles. The maximum atomic E-state index is 14.0. The fraction of sp³-hybridized carbons (Fsp3) is 0.261. The highest BCUT2D eigenvalue weighted by Crippen LogP contribution is 2.32. The normalized spacial score (nSPS) is 14.0. The Bertz CT molecular complexity index is 1040. The number of benzene rings is 2. The minimum Gasteiger partial charge on any atom is -0.366 e. The summed E-state index contributed by atoms with van der Waals surface area (Å²) in [6.07, 6.45) is 3.32. The molecule has 3 aromatic rings. The smallest absolute Gasteiger partial charge is 0.233 e. The van der Waals surface area contributed by atoms with Crippen molar-refractivity contribution < 1.29 is 9.18 Å². The molecular formula is C23H23FN4OS2. The molecule has 5 nitrogen and oxygen atoms in total. The van der Waals surface area contributed by atoms with E-state index in [2.05, 4.69) is 41.2 Å². The molecule has 0 spiro atoms. The molecule has 0 aliphatic carbocycles. The van der Waals surface area contributed by atoms with E-state index in [1.807, 2.05) is 15.9 Å². The number of nitrogens with zero attached hydrogens (tertiary/aromatic N) is 4. The minimum absolute atomic E-state index is 0.0649. The van der Waals surface area contributed by atoms with Gasteiger partial charge in [-0.15, -0.1) is 0 Å². The quantitative estimate of drug-likeness (QED) is 0.511. The van der Waals surface area contributed by atoms with E-state index in [1.54, 1.807) is 36.3 Å². The van der Waals surface area contributed by atoms with Crippen LogP contribution in [-0.2, 0) is 4.79 Å². The molecule has 0 saturated carbocycles. The fourth-order valence-electron chi connectivity index (χ4n) is 3.33. The third-order valence-corrected chi connectivity index (χ3v) is 7.12. The SMILES string of the molecule is Cc1ccc(Sc2nccnc2SCC(=O)N2CCN(c3ccccc3F)CC2)cc1. The number of thioether (sulfide) groups is 1. The van der Waals surface area contributed by atoms with Gasteiger partial charge in [0.2, 0.25) is 5.91 Å². The number of amides is 1. The number of para-hydroxylation sites is 1. The van der Waals surface area contributed by atoms with E-state index in [9.17, 15) is 9.18 Å². The third kappa shape index (κ3) is 5.57. The van der Waals surface area contributed by atoms with Gasteiger partial charge in [-0.05, 0) is 31.2 Å². The molecule has 31 heavy (non-hydrogen) atoms. The lowest BCUT2D eigenvalue weighted by atomic mass is 10.2. The molecule has 1 aliphatic rings. The average molecular weight is 455 g/mol. The number of aromatic nitrogens is 2. The highest BCUT2D eigenvalue weighted by molar-refractivity contribution is 8.02. The molecule has 0 unspecified atom stereocenters. The molecule has 8 heteroatoms. The maximum Gasteiger partial charge on any atom is 0.233 e. The molecule has 2 heterocycles. The summed E-state index contributed by atoms with van der Waals surface area (Å²) in [5.41, 5.74) is 1.81. The van der Waals surface area contributed by atoms with E-state index < -0.39 is 0 Å². The van der Waals surface area contributed by atoms with Crippen molar-refractivity contribution in [3.63, 3.8) is 0 Å². The highest BCUT2D eigenvalue weighted by Gasteiger charge is 2.23. The number of halogens is 1. The first kappa shape index (κ1) is 21.6. The molecule has 0 atom stereocenters. The molecule has 160 valence electrons. The summed E-state index contributed by atoms with van der Waals surface area (Å²) >= 11 is 2.96. The van der Waals surface area contributed by atoms with E-state index in [4.69, 9.17) is 0 Å². The summed E-state index contributed by atoms with van der Waals surface area (Å²) in [5.74, 6) is 0.147. The molecule has 1 amide bonds. The predicted molar refractivity (Wildman–Crippen MR) is 123 cm³/mol. The lowest BCUT2D eigenvalue weighted by molar-refractivity contribution is -0.128. The number of aryl methyl sites for hydroxylation is 1. The standard InChI is InChI=1S/C23H23FN4OS2/c1-17-6-8-18(9-7-17)31-23-22(25-10-11-26-23)30-16-21(29)28-14-12-27(13-15-28)20-5-3-2-4-19(20)24/h2-11H,12-16H2,1H3. The van der Waals surface area contributed by atoms with Crippen LogP contribution in [0, 0.1) is 12.7 Å². The Morgan fingerprint density at radius 2 is 1.65 bits per heavy atom. The first-order valence-electron chi connectivity index (χ1n) is 10.1. The topological polar surface area (TPSA) is 49.3 Å². The Labute approximate surface area is 190 Å². The largest absolute Gasteiger partial charge is 0.366 e. The van der Waals surface area contributed by atoms with Gasteiger partial charge in [0.15, 0.2) is 0 Å².